The topological polar surface area (TPSA) is 156 Å². The highest BCUT2D eigenvalue weighted by molar-refractivity contribution is 5.92. The first-order valence-electron chi connectivity index (χ1n) is 11.7. The van der Waals surface area contributed by atoms with Gasteiger partial charge in [0.15, 0.2) is 0 Å². The molecule has 0 saturated heterocycles. The second kappa shape index (κ2) is 12.3. The Labute approximate surface area is 201 Å². The van der Waals surface area contributed by atoms with E-state index in [1.807, 2.05) is 58.9 Å². The molecule has 3 amide bonds. The Bertz CT molecular complexity index is 967. The molecule has 0 fully saturated rings. The van der Waals surface area contributed by atoms with Crippen LogP contribution in [0.3, 0.4) is 0 Å². The molecule has 0 radical (unpaired) electrons. The number of carbonyl (C=O) groups is 3. The molecule has 34 heavy (non-hydrogen) atoms. The molecular formula is C25H38N6O3. The van der Waals surface area contributed by atoms with Gasteiger partial charge in [0.2, 0.25) is 17.7 Å². The van der Waals surface area contributed by atoms with Crippen molar-refractivity contribution in [3.8, 4) is 11.3 Å². The minimum Gasteiger partial charge on any atom is -0.368 e. The first kappa shape index (κ1) is 27.0. The molecule has 2 rings (SSSR count). The number of aromatic amines is 1. The molecule has 9 heteroatoms. The van der Waals surface area contributed by atoms with Gasteiger partial charge in [-0.2, -0.15) is 0 Å². The standard InChI is InChI=1S/C25H38N6O3/c1-14(2)10-20(23(27)32)30-25(34)21(11-15(3)4)31-24(33)19(26)12-17-6-8-18(9-7-17)22-16(5)28-13-29-22/h6-9,13-15,19-21H,10-12,26H2,1-5H3,(H2,27,32)(H,28,29)(H,30,34)(H,31,33)/t19-,20-,21-/m0/s1. The summed E-state index contributed by atoms with van der Waals surface area (Å²) in [6.07, 6.45) is 2.81. The number of nitrogens with two attached hydrogens (primary N) is 2. The monoisotopic (exact) mass is 470 g/mol. The normalized spacial score (nSPS) is 14.0. The lowest BCUT2D eigenvalue weighted by atomic mass is 9.99. The van der Waals surface area contributed by atoms with Crippen LogP contribution in [0.15, 0.2) is 30.6 Å². The molecule has 9 nitrogen and oxygen atoms in total. The Hall–Kier alpha value is -3.20. The third kappa shape index (κ3) is 7.98. The van der Waals surface area contributed by atoms with Crippen LogP contribution in [0.1, 0.15) is 51.8 Å². The SMILES string of the molecule is Cc1[nH]cnc1-c1ccc(C[C@H](N)C(=O)N[C@@H](CC(C)C)C(=O)N[C@@H](CC(C)C)C(N)=O)cc1. The molecule has 0 aliphatic rings. The molecule has 7 N–H and O–H groups in total. The van der Waals surface area contributed by atoms with Crippen molar-refractivity contribution in [2.45, 2.75) is 72.0 Å². The third-order valence-corrected chi connectivity index (χ3v) is 5.56. The lowest BCUT2D eigenvalue weighted by Crippen LogP contribution is -2.56. The van der Waals surface area contributed by atoms with Gasteiger partial charge in [0, 0.05) is 11.3 Å². The summed E-state index contributed by atoms with van der Waals surface area (Å²) in [5.74, 6) is -1.14. The van der Waals surface area contributed by atoms with Gasteiger partial charge < -0.3 is 27.1 Å². The number of aromatic nitrogens is 2. The molecule has 1 heterocycles. The molecule has 0 saturated carbocycles. The van der Waals surface area contributed by atoms with Gasteiger partial charge in [-0.1, -0.05) is 52.0 Å². The van der Waals surface area contributed by atoms with Gasteiger partial charge >= 0.3 is 0 Å². The van der Waals surface area contributed by atoms with Gasteiger partial charge in [0.25, 0.3) is 0 Å². The maximum absolute atomic E-state index is 12.9. The number of hydrogen-bond donors (Lipinski definition) is 5. The molecule has 2 aromatic rings. The van der Waals surface area contributed by atoms with Gasteiger partial charge in [-0.05, 0) is 43.6 Å². The Balaban J connectivity index is 2.03. The zero-order chi connectivity index (χ0) is 25.4. The Morgan fingerprint density at radius 2 is 1.50 bits per heavy atom. The van der Waals surface area contributed by atoms with Gasteiger partial charge in [-0.15, -0.1) is 0 Å². The average Bonchev–Trinajstić information content (AvgIpc) is 3.18. The van der Waals surface area contributed by atoms with E-state index in [4.69, 9.17) is 11.5 Å². The van der Waals surface area contributed by atoms with E-state index in [9.17, 15) is 14.4 Å². The highest BCUT2D eigenvalue weighted by Gasteiger charge is 2.28. The van der Waals surface area contributed by atoms with Crippen LogP contribution < -0.4 is 22.1 Å². The van der Waals surface area contributed by atoms with Crippen molar-refractivity contribution in [2.75, 3.05) is 0 Å². The van der Waals surface area contributed by atoms with Crippen LogP contribution in [0.4, 0.5) is 0 Å². The van der Waals surface area contributed by atoms with Gasteiger partial charge in [-0.25, -0.2) is 4.98 Å². The van der Waals surface area contributed by atoms with Crippen LogP contribution in [0.5, 0.6) is 0 Å². The van der Waals surface area contributed by atoms with Crippen molar-refractivity contribution in [1.82, 2.24) is 20.6 Å². The van der Waals surface area contributed by atoms with Crippen LogP contribution in [-0.2, 0) is 20.8 Å². The molecule has 186 valence electrons. The van der Waals surface area contributed by atoms with Crippen LogP contribution in [0.2, 0.25) is 0 Å². The number of imidazole rings is 1. The van der Waals surface area contributed by atoms with Crippen LogP contribution in [-0.4, -0.2) is 45.8 Å². The summed E-state index contributed by atoms with van der Waals surface area (Å²) >= 11 is 0. The minimum absolute atomic E-state index is 0.141. The number of amides is 3. The molecule has 0 aliphatic carbocycles. The lowest BCUT2D eigenvalue weighted by molar-refractivity contribution is -0.132. The maximum atomic E-state index is 12.9. The number of rotatable bonds is 12. The fourth-order valence-electron chi connectivity index (χ4n) is 3.77. The number of H-pyrrole nitrogens is 1. The second-order valence-corrected chi connectivity index (χ2v) is 9.67. The predicted molar refractivity (Wildman–Crippen MR) is 132 cm³/mol. The van der Waals surface area contributed by atoms with E-state index in [2.05, 4.69) is 20.6 Å². The second-order valence-electron chi connectivity index (χ2n) is 9.67. The number of nitrogens with zero attached hydrogens (tertiary/aromatic N) is 1. The largest absolute Gasteiger partial charge is 0.368 e. The molecule has 0 unspecified atom stereocenters. The van der Waals surface area contributed by atoms with Gasteiger partial charge in [0.05, 0.1) is 18.1 Å². The summed E-state index contributed by atoms with van der Waals surface area (Å²) in [7, 11) is 0. The average molecular weight is 471 g/mol. The minimum atomic E-state index is -0.831. The Kier molecular flexibility index (Phi) is 9.80. The summed E-state index contributed by atoms with van der Waals surface area (Å²) in [5.41, 5.74) is 15.3. The van der Waals surface area contributed by atoms with Crippen LogP contribution in [0.25, 0.3) is 11.3 Å². The summed E-state index contributed by atoms with van der Waals surface area (Å²) < 4.78 is 0. The fourth-order valence-corrected chi connectivity index (χ4v) is 3.77. The number of aryl methyl sites for hydroxylation is 1. The molecule has 0 bridgehead atoms. The summed E-state index contributed by atoms with van der Waals surface area (Å²) in [5, 5.41) is 5.46. The number of primary amides is 1. The van der Waals surface area contributed by atoms with Crippen molar-refractivity contribution in [2.24, 2.45) is 23.3 Å². The Morgan fingerprint density at radius 3 is 2.00 bits per heavy atom. The van der Waals surface area contributed by atoms with Crippen molar-refractivity contribution in [3.05, 3.63) is 41.9 Å². The highest BCUT2D eigenvalue weighted by Crippen LogP contribution is 2.20. The first-order valence-corrected chi connectivity index (χ1v) is 11.7. The Morgan fingerprint density at radius 1 is 0.941 bits per heavy atom. The molecule has 1 aromatic heterocycles. The molecule has 3 atom stereocenters. The van der Waals surface area contributed by atoms with E-state index in [1.165, 1.54) is 0 Å². The summed E-state index contributed by atoms with van der Waals surface area (Å²) in [6.45, 7) is 9.74. The van der Waals surface area contributed by atoms with Crippen LogP contribution >= 0.6 is 0 Å². The molecule has 0 aliphatic heterocycles. The first-order chi connectivity index (χ1) is 16.0. The summed E-state index contributed by atoms with van der Waals surface area (Å²) in [4.78, 5) is 44.8. The summed E-state index contributed by atoms with van der Waals surface area (Å²) in [6, 6.07) is 5.29. The third-order valence-electron chi connectivity index (χ3n) is 5.56. The smallest absolute Gasteiger partial charge is 0.243 e. The van der Waals surface area contributed by atoms with E-state index in [1.54, 1.807) is 6.33 Å². The van der Waals surface area contributed by atoms with E-state index in [0.29, 0.717) is 19.3 Å². The zero-order valence-corrected chi connectivity index (χ0v) is 20.7. The number of benzene rings is 1. The molecule has 1 aromatic carbocycles. The van der Waals surface area contributed by atoms with E-state index < -0.39 is 35.8 Å². The van der Waals surface area contributed by atoms with E-state index in [-0.39, 0.29) is 11.8 Å². The van der Waals surface area contributed by atoms with Crippen molar-refractivity contribution in [1.29, 1.82) is 0 Å². The van der Waals surface area contributed by atoms with Crippen molar-refractivity contribution >= 4 is 17.7 Å². The van der Waals surface area contributed by atoms with Crippen molar-refractivity contribution < 1.29 is 14.4 Å². The van der Waals surface area contributed by atoms with E-state index >= 15 is 0 Å². The van der Waals surface area contributed by atoms with Crippen molar-refractivity contribution in [3.63, 3.8) is 0 Å². The van der Waals surface area contributed by atoms with Gasteiger partial charge in [-0.3, -0.25) is 14.4 Å². The van der Waals surface area contributed by atoms with Gasteiger partial charge in [0.1, 0.15) is 12.1 Å². The zero-order valence-electron chi connectivity index (χ0n) is 20.7. The maximum Gasteiger partial charge on any atom is 0.243 e. The van der Waals surface area contributed by atoms with Crippen LogP contribution in [0, 0.1) is 18.8 Å². The number of carbonyl (C=O) groups excluding carboxylic acids is 3. The highest BCUT2D eigenvalue weighted by atomic mass is 16.2. The molecule has 0 spiro atoms. The number of nitrogens with one attached hydrogen (secondary N) is 3. The number of hydrogen-bond acceptors (Lipinski definition) is 5. The fraction of sp³-hybridized carbons (Fsp3) is 0.520. The molecular weight excluding hydrogens is 432 g/mol. The lowest BCUT2D eigenvalue weighted by Gasteiger charge is -2.25. The predicted octanol–water partition coefficient (Wildman–Crippen LogP) is 1.80. The van der Waals surface area contributed by atoms with E-state index in [0.717, 1.165) is 22.5 Å². The quantitative estimate of drug-likeness (QED) is 0.320.